The molecule has 3 atom stereocenters. The number of allylic oxidation sites excluding steroid dienone is 2. The van der Waals surface area contributed by atoms with Crippen molar-refractivity contribution in [3.8, 4) is 5.75 Å². The molecule has 0 radical (unpaired) electrons. The fraction of sp³-hybridized carbons (Fsp3) is 0.625. The van der Waals surface area contributed by atoms with Gasteiger partial charge in [-0.1, -0.05) is 78.8 Å². The number of benzene rings is 1. The summed E-state index contributed by atoms with van der Waals surface area (Å²) < 4.78 is 19.8. The van der Waals surface area contributed by atoms with E-state index in [1.807, 2.05) is 18.2 Å². The molecule has 0 N–H and O–H groups in total. The van der Waals surface area contributed by atoms with Gasteiger partial charge in [-0.15, -0.1) is 0 Å². The molecule has 0 fully saturated rings. The molecule has 1 aromatic rings. The Labute approximate surface area is 254 Å². The lowest BCUT2D eigenvalue weighted by Crippen LogP contribution is -2.46. The lowest BCUT2D eigenvalue weighted by atomic mass is 9.93. The van der Waals surface area contributed by atoms with Gasteiger partial charge in [0.1, 0.15) is 17.4 Å². The van der Waals surface area contributed by atoms with Crippen molar-refractivity contribution in [2.24, 2.45) is 11.0 Å². The third-order valence-corrected chi connectivity index (χ3v) is 17.8. The van der Waals surface area contributed by atoms with Crippen LogP contribution in [0.4, 0.5) is 0 Å². The standard InChI is InChI=1S/C32H51N3O5Si2/c1-23-16-12-13-17-24-18-14-20-26(39-41(8,9)31(2,3)4)29(24)30(37)38-25(19-15-21-28(36)34-35-33)22-27(23)40-42(10,11)32(5,6)7/h12-15,18,20-21,23,25,27H,16-17,19,22H2,1-11H3/b13-12+,21-15+/t23-,25-,27+/m0/s1. The maximum Gasteiger partial charge on any atom is 0.342 e. The molecule has 1 amide bonds. The highest BCUT2D eigenvalue weighted by molar-refractivity contribution is 6.75. The van der Waals surface area contributed by atoms with Crippen LogP contribution in [0, 0.1) is 5.92 Å². The molecular weight excluding hydrogens is 563 g/mol. The molecule has 1 heterocycles. The second-order valence-corrected chi connectivity index (χ2v) is 23.9. The normalized spacial score (nSPS) is 21.8. The Morgan fingerprint density at radius 1 is 1.10 bits per heavy atom. The van der Waals surface area contributed by atoms with Crippen molar-refractivity contribution in [3.63, 3.8) is 0 Å². The third-order valence-electron chi connectivity index (χ3n) is 8.96. The number of ether oxygens (including phenoxy) is 1. The maximum absolute atomic E-state index is 14.0. The molecule has 10 heteroatoms. The van der Waals surface area contributed by atoms with Crippen LogP contribution < -0.4 is 4.43 Å². The predicted octanol–water partition coefficient (Wildman–Crippen LogP) is 9.30. The van der Waals surface area contributed by atoms with Crippen LogP contribution in [0.15, 0.2) is 47.6 Å². The van der Waals surface area contributed by atoms with E-state index in [0.29, 0.717) is 24.2 Å². The molecule has 0 saturated heterocycles. The summed E-state index contributed by atoms with van der Waals surface area (Å²) in [6.07, 6.45) is 8.53. The number of hydrogen-bond acceptors (Lipinski definition) is 5. The van der Waals surface area contributed by atoms with Gasteiger partial charge in [-0.05, 0) is 83.4 Å². The number of rotatable bonds is 7. The summed E-state index contributed by atoms with van der Waals surface area (Å²) in [4.78, 5) is 28.4. The summed E-state index contributed by atoms with van der Waals surface area (Å²) in [6, 6.07) is 5.74. The van der Waals surface area contributed by atoms with E-state index >= 15 is 0 Å². The zero-order chi connectivity index (χ0) is 31.9. The summed E-state index contributed by atoms with van der Waals surface area (Å²) in [5.41, 5.74) is 9.89. The molecule has 0 unspecified atom stereocenters. The molecule has 1 aromatic carbocycles. The van der Waals surface area contributed by atoms with Crippen LogP contribution >= 0.6 is 0 Å². The number of carbonyl (C=O) groups excluding carboxylic acids is 2. The fourth-order valence-electron chi connectivity index (χ4n) is 4.18. The van der Waals surface area contributed by atoms with Crippen LogP contribution in [0.1, 0.15) is 83.7 Å². The van der Waals surface area contributed by atoms with Gasteiger partial charge < -0.3 is 13.6 Å². The first kappa shape index (κ1) is 35.5. The number of cyclic esters (lactones) is 1. The van der Waals surface area contributed by atoms with E-state index in [0.717, 1.165) is 12.0 Å². The minimum Gasteiger partial charge on any atom is -0.543 e. The second-order valence-electron chi connectivity index (χ2n) is 14.4. The largest absolute Gasteiger partial charge is 0.543 e. The number of amides is 1. The Morgan fingerprint density at radius 3 is 2.33 bits per heavy atom. The Bertz CT molecular complexity index is 1220. The van der Waals surface area contributed by atoms with Crippen molar-refractivity contribution in [2.45, 2.75) is 123 Å². The van der Waals surface area contributed by atoms with Crippen LogP contribution in [0.2, 0.25) is 36.3 Å². The lowest BCUT2D eigenvalue weighted by Gasteiger charge is -2.41. The van der Waals surface area contributed by atoms with Crippen LogP contribution in [0.25, 0.3) is 10.4 Å². The highest BCUT2D eigenvalue weighted by Gasteiger charge is 2.42. The van der Waals surface area contributed by atoms with Gasteiger partial charge in [-0.25, -0.2) is 4.79 Å². The van der Waals surface area contributed by atoms with Gasteiger partial charge in [0.2, 0.25) is 5.91 Å². The van der Waals surface area contributed by atoms with E-state index in [-0.39, 0.29) is 28.5 Å². The molecule has 42 heavy (non-hydrogen) atoms. The van der Waals surface area contributed by atoms with Crippen molar-refractivity contribution < 1.29 is 23.2 Å². The van der Waals surface area contributed by atoms with Crippen molar-refractivity contribution >= 4 is 28.5 Å². The molecule has 0 saturated carbocycles. The van der Waals surface area contributed by atoms with Crippen molar-refractivity contribution in [1.29, 1.82) is 0 Å². The minimum absolute atomic E-state index is 0.00890. The molecule has 232 valence electrons. The average molecular weight is 614 g/mol. The molecule has 0 bridgehead atoms. The van der Waals surface area contributed by atoms with Crippen molar-refractivity contribution in [1.82, 2.24) is 0 Å². The molecule has 2 rings (SSSR count). The Morgan fingerprint density at radius 2 is 1.74 bits per heavy atom. The summed E-state index contributed by atoms with van der Waals surface area (Å²) in [7, 11) is -4.41. The van der Waals surface area contributed by atoms with E-state index in [1.165, 1.54) is 6.08 Å². The number of esters is 1. The predicted molar refractivity (Wildman–Crippen MR) is 175 cm³/mol. The first-order valence-corrected chi connectivity index (χ1v) is 20.7. The number of nitrogens with zero attached hydrogens (tertiary/aromatic N) is 3. The van der Waals surface area contributed by atoms with Crippen molar-refractivity contribution in [2.75, 3.05) is 0 Å². The Balaban J connectivity index is 2.58. The van der Waals surface area contributed by atoms with E-state index < -0.39 is 34.6 Å². The van der Waals surface area contributed by atoms with E-state index in [4.69, 9.17) is 19.1 Å². The monoisotopic (exact) mass is 613 g/mol. The van der Waals surface area contributed by atoms with Crippen LogP contribution in [0.5, 0.6) is 5.75 Å². The third kappa shape index (κ3) is 9.69. The highest BCUT2D eigenvalue weighted by atomic mass is 28.4. The lowest BCUT2D eigenvalue weighted by molar-refractivity contribution is -0.113. The minimum atomic E-state index is -2.26. The van der Waals surface area contributed by atoms with Gasteiger partial charge in [-0.2, -0.15) is 0 Å². The van der Waals surface area contributed by atoms with Gasteiger partial charge in [0.15, 0.2) is 8.32 Å². The molecule has 8 nitrogen and oxygen atoms in total. The van der Waals surface area contributed by atoms with Crippen LogP contribution in [0.3, 0.4) is 0 Å². The maximum atomic E-state index is 14.0. The van der Waals surface area contributed by atoms with E-state index in [1.54, 1.807) is 6.08 Å². The smallest absolute Gasteiger partial charge is 0.342 e. The number of carbonyl (C=O) groups is 2. The zero-order valence-electron chi connectivity index (χ0n) is 27.5. The molecule has 0 aliphatic carbocycles. The topological polar surface area (TPSA) is 111 Å². The molecule has 1 aliphatic heterocycles. The van der Waals surface area contributed by atoms with Gasteiger partial charge in [0.25, 0.3) is 8.32 Å². The van der Waals surface area contributed by atoms with Gasteiger partial charge in [0, 0.05) is 17.8 Å². The summed E-state index contributed by atoms with van der Waals surface area (Å²) >= 11 is 0. The highest BCUT2D eigenvalue weighted by Crippen LogP contribution is 2.41. The summed E-state index contributed by atoms with van der Waals surface area (Å²) in [5.74, 6) is -0.422. The van der Waals surface area contributed by atoms with Crippen molar-refractivity contribution in [3.05, 3.63) is 64.1 Å². The second kappa shape index (κ2) is 14.2. The van der Waals surface area contributed by atoms with E-state index in [2.05, 4.69) is 96.8 Å². The quantitative estimate of drug-likeness (QED) is 0.0579. The molecule has 0 spiro atoms. The molecular formula is C32H51N3O5Si2. The van der Waals surface area contributed by atoms with E-state index in [9.17, 15) is 9.59 Å². The zero-order valence-corrected chi connectivity index (χ0v) is 29.5. The number of azide groups is 1. The summed E-state index contributed by atoms with van der Waals surface area (Å²) in [5, 5.41) is 3.07. The average Bonchev–Trinajstić information content (AvgIpc) is 2.83. The molecule has 1 aliphatic rings. The Hall–Kier alpha value is -2.66. The first-order valence-electron chi connectivity index (χ1n) is 14.9. The molecule has 0 aromatic heterocycles. The van der Waals surface area contributed by atoms with Gasteiger partial charge in [0.05, 0.1) is 6.10 Å². The van der Waals surface area contributed by atoms with Crippen LogP contribution in [-0.4, -0.2) is 40.7 Å². The SMILES string of the molecule is C[C@H]1C/C=C/Cc2cccc(O[Si](C)(C)C(C)(C)C)c2C(=O)O[C@@H](C/C=C/C(=O)N=[N+]=[N-])C[C@H]1O[Si](C)(C)C(C)(C)C. The Kier molecular flexibility index (Phi) is 12.0. The first-order chi connectivity index (χ1) is 19.3. The number of fused-ring (bicyclic) bond motifs is 1. The summed E-state index contributed by atoms with van der Waals surface area (Å²) in [6.45, 7) is 24.1. The van der Waals surface area contributed by atoms with Gasteiger partial charge >= 0.3 is 5.97 Å². The van der Waals surface area contributed by atoms with Crippen LogP contribution in [-0.2, 0) is 20.4 Å². The van der Waals surface area contributed by atoms with Gasteiger partial charge in [-0.3, -0.25) is 4.79 Å². The number of hydrogen-bond donors (Lipinski definition) is 0. The fourth-order valence-corrected chi connectivity index (χ4v) is 6.64.